The van der Waals surface area contributed by atoms with E-state index in [0.29, 0.717) is 5.02 Å². The highest BCUT2D eigenvalue weighted by molar-refractivity contribution is 7.90. The molecule has 15 heavy (non-hydrogen) atoms. The molecule has 5 heteroatoms. The van der Waals surface area contributed by atoms with E-state index in [0.717, 1.165) is 6.26 Å². The van der Waals surface area contributed by atoms with Crippen molar-refractivity contribution >= 4 is 21.4 Å². The van der Waals surface area contributed by atoms with Crippen molar-refractivity contribution in [3.05, 3.63) is 23.2 Å². The van der Waals surface area contributed by atoms with Crippen LogP contribution >= 0.6 is 11.6 Å². The molecule has 0 fully saturated rings. The molecule has 0 unspecified atom stereocenters. The van der Waals surface area contributed by atoms with E-state index in [1.54, 1.807) is 12.1 Å². The van der Waals surface area contributed by atoms with Gasteiger partial charge in [-0.05, 0) is 26.0 Å². The second-order valence-corrected chi connectivity index (χ2v) is 5.90. The number of rotatable bonds is 3. The molecule has 1 aromatic carbocycles. The SMILES string of the molecule is CC(C)Oc1c(Cl)cccc1S(C)(=O)=O. The van der Waals surface area contributed by atoms with E-state index in [1.165, 1.54) is 6.07 Å². The summed E-state index contributed by atoms with van der Waals surface area (Å²) < 4.78 is 28.3. The molecule has 0 aromatic heterocycles. The lowest BCUT2D eigenvalue weighted by Gasteiger charge is -2.14. The third-order valence-electron chi connectivity index (χ3n) is 1.68. The Morgan fingerprint density at radius 3 is 2.40 bits per heavy atom. The molecule has 0 radical (unpaired) electrons. The van der Waals surface area contributed by atoms with Gasteiger partial charge in [-0.2, -0.15) is 0 Å². The molecule has 0 amide bonds. The Morgan fingerprint density at radius 1 is 1.33 bits per heavy atom. The number of halogens is 1. The largest absolute Gasteiger partial charge is 0.488 e. The molecule has 1 rings (SSSR count). The Balaban J connectivity index is 3.33. The fraction of sp³-hybridized carbons (Fsp3) is 0.400. The monoisotopic (exact) mass is 248 g/mol. The quantitative estimate of drug-likeness (QED) is 0.826. The second-order valence-electron chi connectivity index (χ2n) is 3.51. The van der Waals surface area contributed by atoms with Gasteiger partial charge in [0.2, 0.25) is 0 Å². The van der Waals surface area contributed by atoms with E-state index < -0.39 is 9.84 Å². The first-order valence-electron chi connectivity index (χ1n) is 4.47. The van der Waals surface area contributed by atoms with Crippen molar-refractivity contribution in [1.82, 2.24) is 0 Å². The molecular formula is C10H13ClO3S. The first-order chi connectivity index (χ1) is 6.82. The fourth-order valence-corrected chi connectivity index (χ4v) is 2.23. The van der Waals surface area contributed by atoms with E-state index in [4.69, 9.17) is 16.3 Å². The highest BCUT2D eigenvalue weighted by Crippen LogP contribution is 2.32. The third kappa shape index (κ3) is 3.11. The minimum Gasteiger partial charge on any atom is -0.488 e. The predicted octanol–water partition coefficient (Wildman–Crippen LogP) is 2.53. The molecule has 0 atom stereocenters. The van der Waals surface area contributed by atoms with Crippen LogP contribution in [0.15, 0.2) is 23.1 Å². The van der Waals surface area contributed by atoms with E-state index in [1.807, 2.05) is 13.8 Å². The topological polar surface area (TPSA) is 43.4 Å². The molecule has 0 aliphatic heterocycles. The van der Waals surface area contributed by atoms with Crippen LogP contribution in [0, 0.1) is 0 Å². The highest BCUT2D eigenvalue weighted by atomic mass is 35.5. The summed E-state index contributed by atoms with van der Waals surface area (Å²) in [6.45, 7) is 3.63. The van der Waals surface area contributed by atoms with Gasteiger partial charge in [0, 0.05) is 6.26 Å². The summed E-state index contributed by atoms with van der Waals surface area (Å²) in [5.41, 5.74) is 0. The maximum absolute atomic E-state index is 11.4. The maximum atomic E-state index is 11.4. The van der Waals surface area contributed by atoms with Crippen molar-refractivity contribution in [3.63, 3.8) is 0 Å². The van der Waals surface area contributed by atoms with E-state index >= 15 is 0 Å². The van der Waals surface area contributed by atoms with Gasteiger partial charge in [-0.1, -0.05) is 17.7 Å². The third-order valence-corrected chi connectivity index (χ3v) is 3.10. The highest BCUT2D eigenvalue weighted by Gasteiger charge is 2.17. The Kier molecular flexibility index (Phi) is 3.62. The van der Waals surface area contributed by atoms with Crippen molar-refractivity contribution < 1.29 is 13.2 Å². The average Bonchev–Trinajstić information content (AvgIpc) is 2.05. The van der Waals surface area contributed by atoms with Gasteiger partial charge in [-0.15, -0.1) is 0 Å². The smallest absolute Gasteiger partial charge is 0.179 e. The van der Waals surface area contributed by atoms with Crippen LogP contribution in [0.1, 0.15) is 13.8 Å². The zero-order chi connectivity index (χ0) is 11.6. The number of benzene rings is 1. The molecule has 0 heterocycles. The first-order valence-corrected chi connectivity index (χ1v) is 6.74. The van der Waals surface area contributed by atoms with E-state index in [9.17, 15) is 8.42 Å². The van der Waals surface area contributed by atoms with Gasteiger partial charge in [-0.25, -0.2) is 8.42 Å². The van der Waals surface area contributed by atoms with Crippen LogP contribution in [0.2, 0.25) is 5.02 Å². The minimum atomic E-state index is -3.31. The van der Waals surface area contributed by atoms with Gasteiger partial charge in [0.05, 0.1) is 11.1 Å². The van der Waals surface area contributed by atoms with Gasteiger partial charge in [-0.3, -0.25) is 0 Å². The number of para-hydroxylation sites is 1. The van der Waals surface area contributed by atoms with Crippen LogP contribution < -0.4 is 4.74 Å². The zero-order valence-corrected chi connectivity index (χ0v) is 10.4. The lowest BCUT2D eigenvalue weighted by molar-refractivity contribution is 0.236. The summed E-state index contributed by atoms with van der Waals surface area (Å²) in [5, 5.41) is 0.312. The molecular weight excluding hydrogens is 236 g/mol. The standard InChI is InChI=1S/C10H13ClO3S/c1-7(2)14-10-8(11)5-4-6-9(10)15(3,12)13/h4-7H,1-3H3. The summed E-state index contributed by atoms with van der Waals surface area (Å²) in [7, 11) is -3.31. The lowest BCUT2D eigenvalue weighted by atomic mass is 10.3. The molecule has 3 nitrogen and oxygen atoms in total. The van der Waals surface area contributed by atoms with E-state index in [-0.39, 0.29) is 16.7 Å². The van der Waals surface area contributed by atoms with Crippen molar-refractivity contribution in [3.8, 4) is 5.75 Å². The summed E-state index contributed by atoms with van der Waals surface area (Å²) in [6.07, 6.45) is 1.01. The average molecular weight is 249 g/mol. The Hall–Kier alpha value is -0.740. The van der Waals surface area contributed by atoms with Crippen molar-refractivity contribution in [1.29, 1.82) is 0 Å². The molecule has 0 N–H and O–H groups in total. The van der Waals surface area contributed by atoms with Gasteiger partial charge < -0.3 is 4.74 Å². The second kappa shape index (κ2) is 4.41. The van der Waals surface area contributed by atoms with Gasteiger partial charge in [0.15, 0.2) is 15.6 Å². The van der Waals surface area contributed by atoms with Crippen LogP contribution in [0.25, 0.3) is 0 Å². The first kappa shape index (κ1) is 12.3. The lowest BCUT2D eigenvalue weighted by Crippen LogP contribution is -2.10. The normalized spacial score (nSPS) is 11.8. The molecule has 0 saturated carbocycles. The molecule has 0 saturated heterocycles. The summed E-state index contributed by atoms with van der Waals surface area (Å²) >= 11 is 5.89. The molecule has 0 bridgehead atoms. The van der Waals surface area contributed by atoms with Gasteiger partial charge in [0.1, 0.15) is 4.90 Å². The number of sulfone groups is 1. The van der Waals surface area contributed by atoms with Crippen LogP contribution in [0.3, 0.4) is 0 Å². The number of hydrogen-bond donors (Lipinski definition) is 0. The maximum Gasteiger partial charge on any atom is 0.179 e. The molecule has 1 aromatic rings. The Morgan fingerprint density at radius 2 is 1.93 bits per heavy atom. The van der Waals surface area contributed by atoms with Crippen molar-refractivity contribution in [2.45, 2.75) is 24.8 Å². The predicted molar refractivity (Wildman–Crippen MR) is 60.3 cm³/mol. The molecule has 0 aliphatic carbocycles. The fourth-order valence-electron chi connectivity index (χ4n) is 1.13. The van der Waals surface area contributed by atoms with Gasteiger partial charge in [0.25, 0.3) is 0 Å². The summed E-state index contributed by atoms with van der Waals surface area (Å²) in [4.78, 5) is 0.128. The number of hydrogen-bond acceptors (Lipinski definition) is 3. The van der Waals surface area contributed by atoms with Crippen molar-refractivity contribution in [2.75, 3.05) is 6.26 Å². The Labute approximate surface area is 94.9 Å². The van der Waals surface area contributed by atoms with Crippen LogP contribution in [-0.2, 0) is 9.84 Å². The molecule has 84 valence electrons. The van der Waals surface area contributed by atoms with Crippen molar-refractivity contribution in [2.24, 2.45) is 0 Å². The minimum absolute atomic E-state index is 0.120. The summed E-state index contributed by atoms with van der Waals surface area (Å²) in [5.74, 6) is 0.233. The molecule has 0 aliphatic rings. The number of ether oxygens (including phenoxy) is 1. The summed E-state index contributed by atoms with van der Waals surface area (Å²) in [6, 6.07) is 4.68. The van der Waals surface area contributed by atoms with Crippen LogP contribution in [-0.4, -0.2) is 20.8 Å². The molecule has 0 spiro atoms. The zero-order valence-electron chi connectivity index (χ0n) is 8.82. The van der Waals surface area contributed by atoms with Crippen LogP contribution in [0.4, 0.5) is 0 Å². The Bertz CT molecular complexity index is 452. The van der Waals surface area contributed by atoms with E-state index in [2.05, 4.69) is 0 Å². The van der Waals surface area contributed by atoms with Crippen LogP contribution in [0.5, 0.6) is 5.75 Å². The van der Waals surface area contributed by atoms with Gasteiger partial charge >= 0.3 is 0 Å².